The Kier molecular flexibility index (Phi) is 4.18. The molecular formula is C13H16ClN3. The van der Waals surface area contributed by atoms with Gasteiger partial charge in [-0.25, -0.2) is 4.98 Å². The molecule has 2 rings (SSSR count). The Morgan fingerprint density at radius 1 is 1.29 bits per heavy atom. The van der Waals surface area contributed by atoms with Crippen molar-refractivity contribution in [2.24, 2.45) is 7.05 Å². The van der Waals surface area contributed by atoms with Crippen molar-refractivity contribution in [1.82, 2.24) is 14.9 Å². The Bertz CT molecular complexity index is 462. The molecule has 0 aliphatic carbocycles. The molecule has 3 nitrogen and oxygen atoms in total. The Hall–Kier alpha value is -1.32. The molecule has 4 heteroatoms. The van der Waals surface area contributed by atoms with E-state index in [0.29, 0.717) is 0 Å². The highest BCUT2D eigenvalue weighted by atomic mass is 35.5. The van der Waals surface area contributed by atoms with E-state index in [1.54, 1.807) is 0 Å². The van der Waals surface area contributed by atoms with Gasteiger partial charge in [0.2, 0.25) is 0 Å². The van der Waals surface area contributed by atoms with Gasteiger partial charge >= 0.3 is 0 Å². The number of aryl methyl sites for hydroxylation is 1. The van der Waals surface area contributed by atoms with Crippen molar-refractivity contribution in [1.29, 1.82) is 0 Å². The molecule has 1 aromatic carbocycles. The number of hydrogen-bond donors (Lipinski definition) is 1. The van der Waals surface area contributed by atoms with Crippen LogP contribution in [0.1, 0.15) is 11.3 Å². The zero-order valence-corrected chi connectivity index (χ0v) is 10.6. The summed E-state index contributed by atoms with van der Waals surface area (Å²) < 4.78 is 2.02. The number of nitrogens with zero attached hydrogens (tertiary/aromatic N) is 2. The lowest BCUT2D eigenvalue weighted by Crippen LogP contribution is -2.18. The molecule has 0 bridgehead atoms. The Balaban J connectivity index is 1.73. The predicted octanol–water partition coefficient (Wildman–Crippen LogP) is 2.41. The molecule has 2 aromatic rings. The van der Waals surface area contributed by atoms with Crippen LogP contribution in [0.15, 0.2) is 36.8 Å². The molecule has 90 valence electrons. The summed E-state index contributed by atoms with van der Waals surface area (Å²) in [5, 5.41) is 4.19. The smallest absolute Gasteiger partial charge is 0.0945 e. The summed E-state index contributed by atoms with van der Waals surface area (Å²) >= 11 is 5.83. The summed E-state index contributed by atoms with van der Waals surface area (Å²) in [5.74, 6) is 0. The molecule has 0 saturated carbocycles. The third-order valence-electron chi connectivity index (χ3n) is 2.73. The average Bonchev–Trinajstić information content (AvgIpc) is 2.73. The molecule has 1 heterocycles. The van der Waals surface area contributed by atoms with Crippen molar-refractivity contribution >= 4 is 11.6 Å². The molecule has 0 aliphatic rings. The number of benzene rings is 1. The van der Waals surface area contributed by atoms with E-state index in [-0.39, 0.29) is 0 Å². The standard InChI is InChI=1S/C13H16ClN3/c1-17-10-16-9-13(17)8-15-7-6-11-2-4-12(14)5-3-11/h2-5,9-10,15H,6-8H2,1H3. The van der Waals surface area contributed by atoms with Crippen molar-refractivity contribution in [2.75, 3.05) is 6.54 Å². The van der Waals surface area contributed by atoms with Crippen molar-refractivity contribution in [3.05, 3.63) is 53.1 Å². The van der Waals surface area contributed by atoms with Crippen LogP contribution in [0.4, 0.5) is 0 Å². The van der Waals surface area contributed by atoms with Crippen LogP contribution in [0.3, 0.4) is 0 Å². The third kappa shape index (κ3) is 3.58. The molecule has 0 radical (unpaired) electrons. The second kappa shape index (κ2) is 5.84. The largest absolute Gasteiger partial charge is 0.337 e. The van der Waals surface area contributed by atoms with Crippen LogP contribution in [0, 0.1) is 0 Å². The fourth-order valence-corrected chi connectivity index (χ4v) is 1.78. The number of rotatable bonds is 5. The lowest BCUT2D eigenvalue weighted by Gasteiger charge is -2.05. The monoisotopic (exact) mass is 249 g/mol. The molecule has 0 amide bonds. The molecule has 0 atom stereocenters. The van der Waals surface area contributed by atoms with Crippen molar-refractivity contribution in [3.63, 3.8) is 0 Å². The number of nitrogens with one attached hydrogen (secondary N) is 1. The van der Waals surface area contributed by atoms with Crippen molar-refractivity contribution in [3.8, 4) is 0 Å². The van der Waals surface area contributed by atoms with E-state index in [1.165, 1.54) is 11.3 Å². The van der Waals surface area contributed by atoms with Crippen LogP contribution >= 0.6 is 11.6 Å². The molecule has 0 spiro atoms. The van der Waals surface area contributed by atoms with E-state index in [2.05, 4.69) is 22.4 Å². The maximum atomic E-state index is 5.83. The summed E-state index contributed by atoms with van der Waals surface area (Å²) in [6.45, 7) is 1.80. The van der Waals surface area contributed by atoms with Gasteiger partial charge in [-0.05, 0) is 30.7 Å². The second-order valence-corrected chi connectivity index (χ2v) is 4.49. The fourth-order valence-electron chi connectivity index (χ4n) is 1.66. The van der Waals surface area contributed by atoms with Crippen LogP contribution in [0.25, 0.3) is 0 Å². The van der Waals surface area contributed by atoms with E-state index < -0.39 is 0 Å². The first-order chi connectivity index (χ1) is 8.25. The topological polar surface area (TPSA) is 29.9 Å². The molecular weight excluding hydrogens is 234 g/mol. The molecule has 1 N–H and O–H groups in total. The summed E-state index contributed by atoms with van der Waals surface area (Å²) in [6.07, 6.45) is 4.71. The second-order valence-electron chi connectivity index (χ2n) is 4.05. The van der Waals surface area contributed by atoms with Gasteiger partial charge in [-0.2, -0.15) is 0 Å². The van der Waals surface area contributed by atoms with Crippen LogP contribution in [0.5, 0.6) is 0 Å². The minimum Gasteiger partial charge on any atom is -0.337 e. The van der Waals surface area contributed by atoms with Gasteiger partial charge in [0.1, 0.15) is 0 Å². The van der Waals surface area contributed by atoms with Gasteiger partial charge < -0.3 is 9.88 Å². The van der Waals surface area contributed by atoms with Crippen LogP contribution < -0.4 is 5.32 Å². The van der Waals surface area contributed by atoms with Gasteiger partial charge in [-0.1, -0.05) is 23.7 Å². The van der Waals surface area contributed by atoms with Gasteiger partial charge in [-0.15, -0.1) is 0 Å². The van der Waals surface area contributed by atoms with Gasteiger partial charge in [-0.3, -0.25) is 0 Å². The van der Waals surface area contributed by atoms with Crippen LogP contribution in [0.2, 0.25) is 5.02 Å². The van der Waals surface area contributed by atoms with Crippen molar-refractivity contribution in [2.45, 2.75) is 13.0 Å². The first kappa shape index (κ1) is 12.1. The fraction of sp³-hybridized carbons (Fsp3) is 0.308. The maximum absolute atomic E-state index is 5.83. The molecule has 0 aliphatic heterocycles. The lowest BCUT2D eigenvalue weighted by atomic mass is 10.1. The van der Waals surface area contributed by atoms with Crippen LogP contribution in [-0.4, -0.2) is 16.1 Å². The average molecular weight is 250 g/mol. The molecule has 0 saturated heterocycles. The van der Waals surface area contributed by atoms with Crippen molar-refractivity contribution < 1.29 is 0 Å². The Morgan fingerprint density at radius 3 is 2.71 bits per heavy atom. The number of halogens is 1. The number of aromatic nitrogens is 2. The predicted molar refractivity (Wildman–Crippen MR) is 70.1 cm³/mol. The van der Waals surface area contributed by atoms with E-state index in [1.807, 2.05) is 36.3 Å². The first-order valence-corrected chi connectivity index (χ1v) is 6.04. The summed E-state index contributed by atoms with van der Waals surface area (Å²) in [6, 6.07) is 7.98. The summed E-state index contributed by atoms with van der Waals surface area (Å²) in [4.78, 5) is 4.08. The Labute approximate surface area is 106 Å². The van der Waals surface area contributed by atoms with Gasteiger partial charge in [0.05, 0.1) is 12.0 Å². The van der Waals surface area contributed by atoms with Gasteiger partial charge in [0.25, 0.3) is 0 Å². The van der Waals surface area contributed by atoms with Crippen LogP contribution in [-0.2, 0) is 20.0 Å². The van der Waals surface area contributed by atoms with E-state index in [4.69, 9.17) is 11.6 Å². The highest BCUT2D eigenvalue weighted by molar-refractivity contribution is 6.30. The lowest BCUT2D eigenvalue weighted by molar-refractivity contribution is 0.653. The molecule has 0 fully saturated rings. The summed E-state index contributed by atoms with van der Waals surface area (Å²) in [7, 11) is 2.00. The molecule has 0 unspecified atom stereocenters. The normalized spacial score (nSPS) is 10.7. The maximum Gasteiger partial charge on any atom is 0.0945 e. The van der Waals surface area contributed by atoms with E-state index in [0.717, 1.165) is 24.5 Å². The molecule has 17 heavy (non-hydrogen) atoms. The number of hydrogen-bond acceptors (Lipinski definition) is 2. The number of imidazole rings is 1. The SMILES string of the molecule is Cn1cncc1CNCCc1ccc(Cl)cc1. The highest BCUT2D eigenvalue weighted by Gasteiger charge is 1.97. The zero-order valence-electron chi connectivity index (χ0n) is 9.86. The van der Waals surface area contributed by atoms with Gasteiger partial charge in [0.15, 0.2) is 0 Å². The van der Waals surface area contributed by atoms with E-state index >= 15 is 0 Å². The zero-order chi connectivity index (χ0) is 12.1. The minimum absolute atomic E-state index is 0.789. The summed E-state index contributed by atoms with van der Waals surface area (Å²) in [5.41, 5.74) is 2.49. The Morgan fingerprint density at radius 2 is 2.06 bits per heavy atom. The molecule has 1 aromatic heterocycles. The van der Waals surface area contributed by atoms with Gasteiger partial charge in [0, 0.05) is 24.8 Å². The third-order valence-corrected chi connectivity index (χ3v) is 2.98. The first-order valence-electron chi connectivity index (χ1n) is 5.66. The minimum atomic E-state index is 0.789. The quantitative estimate of drug-likeness (QED) is 0.825. The van der Waals surface area contributed by atoms with E-state index in [9.17, 15) is 0 Å². The highest BCUT2D eigenvalue weighted by Crippen LogP contribution is 2.09.